The molecule has 0 aliphatic rings. The number of rotatable bonds is 6. The van der Waals surface area contributed by atoms with Crippen molar-refractivity contribution in [2.45, 2.75) is 13.5 Å². The van der Waals surface area contributed by atoms with Crippen molar-refractivity contribution in [3.05, 3.63) is 75.7 Å². The minimum Gasteiger partial charge on any atom is -0.384 e. The highest BCUT2D eigenvalue weighted by atomic mass is 35.5. The number of hydrogen-bond donors (Lipinski definition) is 2. The van der Waals surface area contributed by atoms with Crippen molar-refractivity contribution in [1.29, 1.82) is 0 Å². The average molecular weight is 391 g/mol. The maximum absolute atomic E-state index is 6.02. The first-order chi connectivity index (χ1) is 12.1. The van der Waals surface area contributed by atoms with E-state index in [1.165, 1.54) is 17.1 Å². The molecule has 3 aromatic rings. The Bertz CT molecular complexity index is 878. The van der Waals surface area contributed by atoms with Crippen molar-refractivity contribution < 1.29 is 0 Å². The van der Waals surface area contributed by atoms with Gasteiger partial charge in [0.1, 0.15) is 0 Å². The lowest BCUT2D eigenvalue weighted by Gasteiger charge is -2.05. The maximum atomic E-state index is 6.02. The van der Waals surface area contributed by atoms with Crippen molar-refractivity contribution in [1.82, 2.24) is 14.7 Å². The van der Waals surface area contributed by atoms with Crippen molar-refractivity contribution in [2.75, 3.05) is 5.32 Å². The first-order valence-electron chi connectivity index (χ1n) is 7.62. The van der Waals surface area contributed by atoms with Crippen LogP contribution in [0.5, 0.6) is 0 Å². The first kappa shape index (κ1) is 17.7. The van der Waals surface area contributed by atoms with E-state index in [1.807, 2.05) is 37.3 Å². The Morgan fingerprint density at radius 2 is 1.92 bits per heavy atom. The van der Waals surface area contributed by atoms with Gasteiger partial charge in [0.2, 0.25) is 5.13 Å². The van der Waals surface area contributed by atoms with Crippen LogP contribution in [0.1, 0.15) is 18.3 Å². The van der Waals surface area contributed by atoms with E-state index in [1.54, 1.807) is 12.1 Å². The van der Waals surface area contributed by atoms with Crippen LogP contribution in [0.2, 0.25) is 10.0 Å². The molecule has 7 heteroatoms. The molecule has 128 valence electrons. The molecule has 0 amide bonds. The fourth-order valence-corrected chi connectivity index (χ4v) is 2.99. The summed E-state index contributed by atoms with van der Waals surface area (Å²) >= 11 is 13.2. The molecule has 1 heterocycles. The van der Waals surface area contributed by atoms with Crippen molar-refractivity contribution in [2.24, 2.45) is 0 Å². The van der Waals surface area contributed by atoms with E-state index in [0.717, 1.165) is 17.9 Å². The van der Waals surface area contributed by atoms with Crippen LogP contribution >= 0.6 is 34.7 Å². The predicted molar refractivity (Wildman–Crippen MR) is 107 cm³/mol. The van der Waals surface area contributed by atoms with Crippen molar-refractivity contribution in [3.63, 3.8) is 0 Å². The third-order valence-electron chi connectivity index (χ3n) is 3.37. The molecule has 0 bridgehead atoms. The summed E-state index contributed by atoms with van der Waals surface area (Å²) in [5, 5.41) is 8.24. The van der Waals surface area contributed by atoms with Gasteiger partial charge in [-0.2, -0.15) is 9.36 Å². The second-order valence-corrected chi connectivity index (χ2v) is 6.94. The molecule has 25 heavy (non-hydrogen) atoms. The number of halogens is 2. The monoisotopic (exact) mass is 390 g/mol. The van der Waals surface area contributed by atoms with Gasteiger partial charge in [0.25, 0.3) is 0 Å². The highest BCUT2D eigenvalue weighted by molar-refractivity contribution is 7.09. The molecular weight excluding hydrogens is 375 g/mol. The van der Waals surface area contributed by atoms with Gasteiger partial charge in [-0.1, -0.05) is 53.5 Å². The minimum absolute atomic E-state index is 0.497. The lowest BCUT2D eigenvalue weighted by Crippen LogP contribution is -2.10. The summed E-state index contributed by atoms with van der Waals surface area (Å²) in [6.07, 6.45) is 1.92. The zero-order valence-electron chi connectivity index (χ0n) is 13.5. The third-order valence-corrected chi connectivity index (χ3v) is 4.76. The molecule has 2 aromatic carbocycles. The zero-order chi connectivity index (χ0) is 17.6. The van der Waals surface area contributed by atoms with Crippen LogP contribution in [0, 0.1) is 0 Å². The molecule has 0 spiro atoms. The van der Waals surface area contributed by atoms with Crippen LogP contribution in [-0.4, -0.2) is 9.36 Å². The van der Waals surface area contributed by atoms with Gasteiger partial charge in [0.05, 0.1) is 10.0 Å². The van der Waals surface area contributed by atoms with E-state index in [4.69, 9.17) is 23.2 Å². The van der Waals surface area contributed by atoms with Gasteiger partial charge in [-0.3, -0.25) is 0 Å². The Morgan fingerprint density at radius 1 is 1.12 bits per heavy atom. The molecule has 1 aromatic heterocycles. The van der Waals surface area contributed by atoms with E-state index in [9.17, 15) is 0 Å². The number of aromatic nitrogens is 2. The second kappa shape index (κ2) is 8.34. The highest BCUT2D eigenvalue weighted by Crippen LogP contribution is 2.27. The normalized spacial score (nSPS) is 11.4. The molecule has 0 fully saturated rings. The molecule has 0 aliphatic heterocycles. The molecule has 3 rings (SSSR count). The fourth-order valence-electron chi connectivity index (χ4n) is 2.12. The van der Waals surface area contributed by atoms with Gasteiger partial charge < -0.3 is 10.6 Å². The van der Waals surface area contributed by atoms with Gasteiger partial charge in [0.15, 0.2) is 5.82 Å². The van der Waals surface area contributed by atoms with Gasteiger partial charge in [-0.25, -0.2) is 0 Å². The van der Waals surface area contributed by atoms with Crippen LogP contribution in [-0.2, 0) is 6.54 Å². The van der Waals surface area contributed by atoms with Gasteiger partial charge >= 0.3 is 0 Å². The molecule has 0 aliphatic carbocycles. The number of anilines is 2. The van der Waals surface area contributed by atoms with Crippen LogP contribution < -0.4 is 10.6 Å². The van der Waals surface area contributed by atoms with Crippen LogP contribution in [0.4, 0.5) is 10.8 Å². The topological polar surface area (TPSA) is 49.8 Å². The fraction of sp³-hybridized carbons (Fsp3) is 0.111. The summed E-state index contributed by atoms with van der Waals surface area (Å²) in [4.78, 5) is 4.46. The Hall–Kier alpha value is -2.08. The second-order valence-electron chi connectivity index (χ2n) is 5.38. The summed E-state index contributed by atoms with van der Waals surface area (Å²) in [7, 11) is 0. The van der Waals surface area contributed by atoms with Crippen LogP contribution in [0.15, 0.2) is 54.2 Å². The Morgan fingerprint density at radius 3 is 2.68 bits per heavy atom. The third kappa shape index (κ3) is 5.19. The molecule has 0 unspecified atom stereocenters. The summed E-state index contributed by atoms with van der Waals surface area (Å²) in [6.45, 7) is 2.76. The summed E-state index contributed by atoms with van der Waals surface area (Å²) in [6, 6.07) is 15.6. The van der Waals surface area contributed by atoms with E-state index < -0.39 is 0 Å². The smallest absolute Gasteiger partial charge is 0.207 e. The minimum atomic E-state index is 0.497. The first-order valence-corrected chi connectivity index (χ1v) is 9.15. The average Bonchev–Trinajstić information content (AvgIpc) is 3.04. The predicted octanol–water partition coefficient (Wildman–Crippen LogP) is 5.74. The molecule has 0 saturated carbocycles. The van der Waals surface area contributed by atoms with Crippen LogP contribution in [0.25, 0.3) is 6.08 Å². The number of nitrogens with zero attached hydrogens (tertiary/aromatic N) is 2. The molecule has 0 radical (unpaired) electrons. The number of allylic oxidation sites excluding steroid dienone is 1. The maximum Gasteiger partial charge on any atom is 0.207 e. The highest BCUT2D eigenvalue weighted by Gasteiger charge is 2.05. The zero-order valence-corrected chi connectivity index (χ0v) is 15.8. The quantitative estimate of drug-likeness (QED) is 0.563. The van der Waals surface area contributed by atoms with Gasteiger partial charge in [0, 0.05) is 35.5 Å². The van der Waals surface area contributed by atoms with Crippen molar-refractivity contribution >= 4 is 51.6 Å². The van der Waals surface area contributed by atoms with Crippen LogP contribution in [0.3, 0.4) is 0 Å². The van der Waals surface area contributed by atoms with E-state index >= 15 is 0 Å². The van der Waals surface area contributed by atoms with Crippen molar-refractivity contribution in [3.8, 4) is 0 Å². The number of hydrogen-bond acceptors (Lipinski definition) is 5. The summed E-state index contributed by atoms with van der Waals surface area (Å²) in [5.74, 6) is 0.658. The Balaban J connectivity index is 1.61. The molecular formula is C18H16Cl2N4S. The van der Waals surface area contributed by atoms with E-state index in [2.05, 4.69) is 32.1 Å². The molecule has 0 saturated heterocycles. The number of nitrogens with one attached hydrogen (secondary N) is 2. The van der Waals surface area contributed by atoms with E-state index in [-0.39, 0.29) is 0 Å². The standard InChI is InChI=1S/C18H16Cl2N4S/c1-12(21-11-13-5-3-2-4-6-13)9-17-23-18(25-24-17)22-14-7-8-15(19)16(20)10-14/h2-10,21H,11H2,1H3,(H,22,23,24)/b12-9+. The molecule has 2 N–H and O–H groups in total. The lowest BCUT2D eigenvalue weighted by molar-refractivity contribution is 0.817. The summed E-state index contributed by atoms with van der Waals surface area (Å²) < 4.78 is 4.34. The number of benzene rings is 2. The van der Waals surface area contributed by atoms with E-state index in [0.29, 0.717) is 21.0 Å². The molecule has 4 nitrogen and oxygen atoms in total. The molecule has 0 atom stereocenters. The lowest BCUT2D eigenvalue weighted by atomic mass is 10.2. The largest absolute Gasteiger partial charge is 0.384 e. The summed E-state index contributed by atoms with van der Waals surface area (Å²) in [5.41, 5.74) is 3.05. The van der Waals surface area contributed by atoms with Gasteiger partial charge in [-0.05, 0) is 30.7 Å². The Labute approximate surface area is 160 Å². The SMILES string of the molecule is C/C(=C\c1nsc(Nc2ccc(Cl)c(Cl)c2)n1)NCc1ccccc1. The Kier molecular flexibility index (Phi) is 5.91. The van der Waals surface area contributed by atoms with Gasteiger partial charge in [-0.15, -0.1) is 0 Å².